The van der Waals surface area contributed by atoms with Crippen molar-refractivity contribution in [1.82, 2.24) is 10.2 Å². The summed E-state index contributed by atoms with van der Waals surface area (Å²) < 4.78 is 0. The lowest BCUT2D eigenvalue weighted by atomic mass is 9.78. The van der Waals surface area contributed by atoms with E-state index >= 15 is 0 Å². The van der Waals surface area contributed by atoms with Gasteiger partial charge in [0, 0.05) is 25.3 Å². The minimum absolute atomic E-state index is 0.181. The molecule has 5 heteroatoms. The van der Waals surface area contributed by atoms with Crippen LogP contribution in [0.2, 0.25) is 0 Å². The van der Waals surface area contributed by atoms with Crippen molar-refractivity contribution >= 4 is 12.6 Å². The van der Waals surface area contributed by atoms with Crippen LogP contribution in [0.4, 0.5) is 0 Å². The van der Waals surface area contributed by atoms with Gasteiger partial charge in [-0.2, -0.15) is 0 Å². The van der Waals surface area contributed by atoms with Gasteiger partial charge in [0.05, 0.1) is 5.41 Å². The van der Waals surface area contributed by atoms with Crippen LogP contribution in [0.1, 0.15) is 26.2 Å². The Balaban J connectivity index is 2.09. The topological polar surface area (TPSA) is 70.7 Å². The van der Waals surface area contributed by atoms with E-state index in [2.05, 4.69) is 21.9 Å². The number of carbonyl (C=O) groups is 1. The van der Waals surface area contributed by atoms with Crippen molar-refractivity contribution in [3.05, 3.63) is 23.7 Å². The number of rotatable bonds is 3. The first-order valence-electron chi connectivity index (χ1n) is 6.71. The molecule has 2 aliphatic heterocycles. The number of carbonyl (C=O) groups excluding carboxylic acids is 1. The van der Waals surface area contributed by atoms with Gasteiger partial charge in [-0.3, -0.25) is 4.79 Å². The number of likely N-dealkylation sites (tertiary alicyclic amines) is 1. The summed E-state index contributed by atoms with van der Waals surface area (Å²) in [4.78, 5) is 17.9. The Hall–Kier alpha value is -1.78. The molecule has 1 amide bonds. The average Bonchev–Trinajstić information content (AvgIpc) is 2.76. The molecule has 0 aromatic carbocycles. The van der Waals surface area contributed by atoms with E-state index < -0.39 is 0 Å². The van der Waals surface area contributed by atoms with Crippen molar-refractivity contribution in [2.75, 3.05) is 19.6 Å². The normalized spacial score (nSPS) is 28.7. The highest BCUT2D eigenvalue weighted by Gasteiger charge is 2.45. The predicted octanol–water partition coefficient (Wildman–Crippen LogP) is 0.993. The van der Waals surface area contributed by atoms with E-state index in [1.54, 1.807) is 6.08 Å². The van der Waals surface area contributed by atoms with Crippen molar-refractivity contribution in [3.8, 4) is 0 Å². The van der Waals surface area contributed by atoms with Crippen LogP contribution in [0.15, 0.2) is 28.7 Å². The molecule has 0 aromatic rings. The molecular formula is C14H22N4O. The molecule has 2 rings (SSSR count). The Labute approximate surface area is 114 Å². The van der Waals surface area contributed by atoms with Gasteiger partial charge in [-0.05, 0) is 45.1 Å². The van der Waals surface area contributed by atoms with Crippen LogP contribution in [-0.4, -0.2) is 37.2 Å². The van der Waals surface area contributed by atoms with Gasteiger partial charge in [0.2, 0.25) is 5.91 Å². The zero-order chi connectivity index (χ0) is 13.9. The van der Waals surface area contributed by atoms with Crippen LogP contribution in [0.3, 0.4) is 0 Å². The number of aliphatic imine (C=N–C) groups is 1. The molecule has 1 spiro atoms. The first-order chi connectivity index (χ1) is 9.07. The monoisotopic (exact) mass is 262 g/mol. The molecule has 1 unspecified atom stereocenters. The molecule has 5 nitrogen and oxygen atoms in total. The lowest BCUT2D eigenvalue weighted by Gasteiger charge is -2.40. The number of allylic oxidation sites excluding steroid dienone is 3. The number of hydrogen-bond acceptors (Lipinski definition) is 4. The molecule has 0 bridgehead atoms. The molecule has 0 aliphatic carbocycles. The molecule has 3 N–H and O–H groups in total. The SMILES string of the molecule is C=N/C(N)=C\C=C(/C)N1CCCC2(CCNC2=O)C1. The predicted molar refractivity (Wildman–Crippen MR) is 76.4 cm³/mol. The summed E-state index contributed by atoms with van der Waals surface area (Å²) in [7, 11) is 0. The van der Waals surface area contributed by atoms with Gasteiger partial charge in [0.15, 0.2) is 0 Å². The summed E-state index contributed by atoms with van der Waals surface area (Å²) in [6.07, 6.45) is 6.68. The summed E-state index contributed by atoms with van der Waals surface area (Å²) in [6, 6.07) is 0. The summed E-state index contributed by atoms with van der Waals surface area (Å²) in [5.41, 5.74) is 6.53. The van der Waals surface area contributed by atoms with E-state index in [1.807, 2.05) is 13.0 Å². The van der Waals surface area contributed by atoms with Crippen molar-refractivity contribution in [3.63, 3.8) is 0 Å². The second-order valence-electron chi connectivity index (χ2n) is 5.37. The third-order valence-corrected chi connectivity index (χ3v) is 4.12. The minimum Gasteiger partial charge on any atom is -0.384 e. The zero-order valence-electron chi connectivity index (χ0n) is 11.5. The van der Waals surface area contributed by atoms with Gasteiger partial charge in [0.1, 0.15) is 5.82 Å². The molecule has 0 aromatic heterocycles. The summed E-state index contributed by atoms with van der Waals surface area (Å²) in [5, 5.41) is 2.96. The highest BCUT2D eigenvalue weighted by atomic mass is 16.2. The van der Waals surface area contributed by atoms with E-state index in [4.69, 9.17) is 5.73 Å². The van der Waals surface area contributed by atoms with E-state index in [1.165, 1.54) is 0 Å². The fraction of sp³-hybridized carbons (Fsp3) is 0.571. The fourth-order valence-corrected chi connectivity index (χ4v) is 2.90. The summed E-state index contributed by atoms with van der Waals surface area (Å²) in [5.74, 6) is 0.623. The largest absolute Gasteiger partial charge is 0.384 e. The number of piperidine rings is 1. The van der Waals surface area contributed by atoms with E-state index in [0.29, 0.717) is 5.82 Å². The van der Waals surface area contributed by atoms with Crippen LogP contribution in [0.25, 0.3) is 0 Å². The van der Waals surface area contributed by atoms with E-state index in [9.17, 15) is 4.79 Å². The fourth-order valence-electron chi connectivity index (χ4n) is 2.90. The number of nitrogens with zero attached hydrogens (tertiary/aromatic N) is 2. The molecule has 2 fully saturated rings. The Morgan fingerprint density at radius 3 is 2.95 bits per heavy atom. The minimum atomic E-state index is -0.181. The number of amides is 1. The van der Waals surface area contributed by atoms with Gasteiger partial charge in [-0.1, -0.05) is 0 Å². The van der Waals surface area contributed by atoms with Gasteiger partial charge >= 0.3 is 0 Å². The highest BCUT2D eigenvalue weighted by molar-refractivity contribution is 5.85. The van der Waals surface area contributed by atoms with Gasteiger partial charge in [-0.15, -0.1) is 0 Å². The molecule has 1 atom stereocenters. The maximum Gasteiger partial charge on any atom is 0.228 e. The molecule has 104 valence electrons. The maximum atomic E-state index is 12.0. The van der Waals surface area contributed by atoms with Gasteiger partial charge < -0.3 is 16.0 Å². The van der Waals surface area contributed by atoms with E-state index in [0.717, 1.165) is 44.6 Å². The Morgan fingerprint density at radius 2 is 2.32 bits per heavy atom. The lowest BCUT2D eigenvalue weighted by molar-refractivity contribution is -0.130. The van der Waals surface area contributed by atoms with Crippen molar-refractivity contribution in [2.24, 2.45) is 16.1 Å². The molecular weight excluding hydrogens is 240 g/mol. The van der Waals surface area contributed by atoms with Crippen LogP contribution in [-0.2, 0) is 4.79 Å². The average molecular weight is 262 g/mol. The molecule has 2 saturated heterocycles. The van der Waals surface area contributed by atoms with Crippen molar-refractivity contribution < 1.29 is 4.79 Å². The third kappa shape index (κ3) is 2.80. The number of nitrogens with one attached hydrogen (secondary N) is 1. The Morgan fingerprint density at radius 1 is 1.53 bits per heavy atom. The van der Waals surface area contributed by atoms with Crippen molar-refractivity contribution in [1.29, 1.82) is 0 Å². The standard InChI is InChI=1S/C14H22N4O/c1-11(4-5-12(15)16-2)18-9-3-6-14(10-18)7-8-17-13(14)19/h4-5H,2-3,6-10,15H2,1H3,(H,17,19)/b11-4+,12-5-. The van der Waals surface area contributed by atoms with Gasteiger partial charge in [0.25, 0.3) is 0 Å². The summed E-state index contributed by atoms with van der Waals surface area (Å²) >= 11 is 0. The molecule has 19 heavy (non-hydrogen) atoms. The smallest absolute Gasteiger partial charge is 0.228 e. The highest BCUT2D eigenvalue weighted by Crippen LogP contribution is 2.37. The quantitative estimate of drug-likeness (QED) is 0.588. The molecule has 0 saturated carbocycles. The molecule has 2 aliphatic rings. The molecule has 0 radical (unpaired) electrons. The second kappa shape index (κ2) is 5.47. The first kappa shape index (κ1) is 13.6. The Kier molecular flexibility index (Phi) is 3.93. The Bertz CT molecular complexity index is 441. The van der Waals surface area contributed by atoms with Crippen molar-refractivity contribution in [2.45, 2.75) is 26.2 Å². The van der Waals surface area contributed by atoms with Crippen LogP contribution in [0.5, 0.6) is 0 Å². The number of nitrogens with two attached hydrogens (primary N) is 1. The molecule has 2 heterocycles. The maximum absolute atomic E-state index is 12.0. The van der Waals surface area contributed by atoms with Crippen LogP contribution in [0, 0.1) is 5.41 Å². The second-order valence-corrected chi connectivity index (χ2v) is 5.37. The van der Waals surface area contributed by atoms with Crippen LogP contribution < -0.4 is 11.1 Å². The number of hydrogen-bond donors (Lipinski definition) is 2. The summed E-state index contributed by atoms with van der Waals surface area (Å²) in [6.45, 7) is 8.02. The third-order valence-electron chi connectivity index (χ3n) is 4.12. The lowest BCUT2D eigenvalue weighted by Crippen LogP contribution is -2.46. The zero-order valence-corrected chi connectivity index (χ0v) is 11.5. The van der Waals surface area contributed by atoms with Gasteiger partial charge in [-0.25, -0.2) is 4.99 Å². The first-order valence-corrected chi connectivity index (χ1v) is 6.71. The van der Waals surface area contributed by atoms with Crippen LogP contribution >= 0.6 is 0 Å². The van der Waals surface area contributed by atoms with E-state index in [-0.39, 0.29) is 11.3 Å².